The summed E-state index contributed by atoms with van der Waals surface area (Å²) in [6, 6.07) is 9.17. The third-order valence-electron chi connectivity index (χ3n) is 5.21. The number of likely N-dealkylation sites (tertiary alicyclic amines) is 1. The predicted octanol–water partition coefficient (Wildman–Crippen LogP) is 3.45. The van der Waals surface area contributed by atoms with Crippen LogP contribution in [0.15, 0.2) is 30.5 Å². The van der Waals surface area contributed by atoms with Gasteiger partial charge in [0.1, 0.15) is 5.56 Å². The van der Waals surface area contributed by atoms with Gasteiger partial charge in [-0.3, -0.25) is 4.98 Å². The van der Waals surface area contributed by atoms with Crippen molar-refractivity contribution in [2.24, 2.45) is 0 Å². The van der Waals surface area contributed by atoms with E-state index >= 15 is 0 Å². The number of para-hydroxylation sites is 1. The Bertz CT molecular complexity index is 765. The predicted molar refractivity (Wildman–Crippen MR) is 98.9 cm³/mol. The van der Waals surface area contributed by atoms with Crippen molar-refractivity contribution < 1.29 is 9.53 Å². The van der Waals surface area contributed by atoms with Crippen molar-refractivity contribution in [2.45, 2.75) is 44.7 Å². The Hall–Kier alpha value is -2.14. The molecule has 25 heavy (non-hydrogen) atoms. The second-order valence-electron chi connectivity index (χ2n) is 6.97. The average Bonchev–Trinajstić information content (AvgIpc) is 3.48. The molecule has 0 bridgehead atoms. The zero-order valence-electron chi connectivity index (χ0n) is 14.7. The Kier molecular flexibility index (Phi) is 4.57. The van der Waals surface area contributed by atoms with Gasteiger partial charge in [0.05, 0.1) is 17.8 Å². The van der Waals surface area contributed by atoms with Crippen LogP contribution in [0.25, 0.3) is 10.9 Å². The van der Waals surface area contributed by atoms with Gasteiger partial charge in [-0.1, -0.05) is 18.2 Å². The summed E-state index contributed by atoms with van der Waals surface area (Å²) in [5.74, 6) is -0.307. The molecule has 0 spiro atoms. The maximum atomic E-state index is 12.4. The van der Waals surface area contributed by atoms with E-state index in [1.807, 2.05) is 31.2 Å². The highest BCUT2D eigenvalue weighted by Gasteiger charge is 2.32. The van der Waals surface area contributed by atoms with Crippen molar-refractivity contribution in [1.82, 2.24) is 9.88 Å². The fourth-order valence-electron chi connectivity index (χ4n) is 3.71. The Balaban J connectivity index is 1.59. The van der Waals surface area contributed by atoms with Crippen molar-refractivity contribution in [3.8, 4) is 0 Å². The van der Waals surface area contributed by atoms with Gasteiger partial charge in [-0.05, 0) is 38.7 Å². The van der Waals surface area contributed by atoms with Crippen molar-refractivity contribution in [3.05, 3.63) is 36.0 Å². The largest absolute Gasteiger partial charge is 0.462 e. The van der Waals surface area contributed by atoms with Crippen LogP contribution in [0.4, 0.5) is 5.69 Å². The van der Waals surface area contributed by atoms with E-state index in [-0.39, 0.29) is 5.97 Å². The number of aromatic nitrogens is 1. The number of hydrogen-bond donors (Lipinski definition) is 1. The van der Waals surface area contributed by atoms with Crippen LogP contribution < -0.4 is 5.32 Å². The first-order chi connectivity index (χ1) is 12.3. The number of piperidine rings is 1. The molecule has 0 atom stereocenters. The number of carbonyl (C=O) groups excluding carboxylic acids is 1. The van der Waals surface area contributed by atoms with Gasteiger partial charge in [0.25, 0.3) is 0 Å². The molecule has 1 aromatic carbocycles. The molecule has 0 unspecified atom stereocenters. The molecule has 132 valence electrons. The molecule has 1 aromatic heterocycles. The molecule has 0 amide bonds. The Labute approximate surface area is 148 Å². The summed E-state index contributed by atoms with van der Waals surface area (Å²) >= 11 is 0. The molecule has 1 aliphatic carbocycles. The number of nitrogens with zero attached hydrogens (tertiary/aromatic N) is 2. The number of hydrogen-bond acceptors (Lipinski definition) is 5. The molecular weight excluding hydrogens is 314 g/mol. The van der Waals surface area contributed by atoms with Crippen LogP contribution in [0.5, 0.6) is 0 Å². The van der Waals surface area contributed by atoms with Crippen molar-refractivity contribution in [2.75, 3.05) is 25.0 Å². The van der Waals surface area contributed by atoms with Crippen LogP contribution in [0, 0.1) is 0 Å². The SMILES string of the molecule is CCOC(=O)c1cnc2ccccc2c1NC1CCN(C2CC2)CC1. The van der Waals surface area contributed by atoms with E-state index < -0.39 is 0 Å². The lowest BCUT2D eigenvalue weighted by Crippen LogP contribution is -2.40. The van der Waals surface area contributed by atoms with Crippen molar-refractivity contribution in [1.29, 1.82) is 0 Å². The summed E-state index contributed by atoms with van der Waals surface area (Å²) < 4.78 is 5.24. The Morgan fingerprint density at radius 1 is 1.24 bits per heavy atom. The number of benzene rings is 1. The number of esters is 1. The number of nitrogens with one attached hydrogen (secondary N) is 1. The lowest BCUT2D eigenvalue weighted by atomic mass is 10.0. The zero-order valence-corrected chi connectivity index (χ0v) is 14.7. The molecule has 2 aliphatic rings. The van der Waals surface area contributed by atoms with Crippen LogP contribution in [0.2, 0.25) is 0 Å². The standard InChI is InChI=1S/C20H25N3O2/c1-2-25-20(24)17-13-21-18-6-4-3-5-16(18)19(17)22-14-9-11-23(12-10-14)15-7-8-15/h3-6,13-15H,2,7-12H2,1H3,(H,21,22). The topological polar surface area (TPSA) is 54.5 Å². The average molecular weight is 339 g/mol. The third kappa shape index (κ3) is 3.47. The molecule has 5 nitrogen and oxygen atoms in total. The van der Waals surface area contributed by atoms with Crippen LogP contribution in [0.1, 0.15) is 43.0 Å². The number of pyridine rings is 1. The maximum absolute atomic E-state index is 12.4. The first-order valence-corrected chi connectivity index (χ1v) is 9.31. The van der Waals surface area contributed by atoms with E-state index in [1.165, 1.54) is 12.8 Å². The minimum atomic E-state index is -0.307. The second-order valence-corrected chi connectivity index (χ2v) is 6.97. The van der Waals surface area contributed by atoms with Crippen LogP contribution in [0.3, 0.4) is 0 Å². The van der Waals surface area contributed by atoms with E-state index in [2.05, 4.69) is 15.2 Å². The van der Waals surface area contributed by atoms with E-state index in [0.717, 1.165) is 48.6 Å². The quantitative estimate of drug-likeness (QED) is 0.846. The number of fused-ring (bicyclic) bond motifs is 1. The summed E-state index contributed by atoms with van der Waals surface area (Å²) in [5.41, 5.74) is 2.30. The molecule has 2 aromatic rings. The van der Waals surface area contributed by atoms with E-state index in [9.17, 15) is 4.79 Å². The summed E-state index contributed by atoms with van der Waals surface area (Å²) in [6.07, 6.45) is 6.58. The monoisotopic (exact) mass is 339 g/mol. The Morgan fingerprint density at radius 2 is 2.00 bits per heavy atom. The molecule has 1 aliphatic heterocycles. The molecule has 1 saturated carbocycles. The van der Waals surface area contributed by atoms with Gasteiger partial charge in [0, 0.05) is 36.8 Å². The van der Waals surface area contributed by atoms with Gasteiger partial charge >= 0.3 is 5.97 Å². The van der Waals surface area contributed by atoms with Crippen molar-refractivity contribution >= 4 is 22.6 Å². The molecule has 2 heterocycles. The van der Waals surface area contributed by atoms with Crippen molar-refractivity contribution in [3.63, 3.8) is 0 Å². The molecule has 0 radical (unpaired) electrons. The zero-order chi connectivity index (χ0) is 17.2. The number of rotatable bonds is 5. The third-order valence-corrected chi connectivity index (χ3v) is 5.21. The summed E-state index contributed by atoms with van der Waals surface area (Å²) in [7, 11) is 0. The van der Waals surface area contributed by atoms with Gasteiger partial charge in [-0.2, -0.15) is 0 Å². The summed E-state index contributed by atoms with van der Waals surface area (Å²) in [4.78, 5) is 19.4. The van der Waals surface area contributed by atoms with Crippen LogP contribution in [-0.4, -0.2) is 47.6 Å². The molecule has 1 N–H and O–H groups in total. The first-order valence-electron chi connectivity index (χ1n) is 9.31. The lowest BCUT2D eigenvalue weighted by molar-refractivity contribution is 0.0527. The fourth-order valence-corrected chi connectivity index (χ4v) is 3.71. The van der Waals surface area contributed by atoms with Gasteiger partial charge < -0.3 is 15.0 Å². The fraction of sp³-hybridized carbons (Fsp3) is 0.500. The maximum Gasteiger partial charge on any atom is 0.341 e. The minimum absolute atomic E-state index is 0.307. The molecule has 4 rings (SSSR count). The van der Waals surface area contributed by atoms with Crippen LogP contribution in [-0.2, 0) is 4.74 Å². The molecular formula is C20H25N3O2. The highest BCUT2D eigenvalue weighted by molar-refractivity contribution is 6.04. The molecule has 1 saturated heterocycles. The van der Waals surface area contributed by atoms with Gasteiger partial charge in [0.15, 0.2) is 0 Å². The van der Waals surface area contributed by atoms with Crippen LogP contribution >= 0.6 is 0 Å². The van der Waals surface area contributed by atoms with E-state index in [1.54, 1.807) is 6.20 Å². The first kappa shape index (κ1) is 16.3. The summed E-state index contributed by atoms with van der Waals surface area (Å²) in [5, 5.41) is 4.63. The summed E-state index contributed by atoms with van der Waals surface area (Å²) in [6.45, 7) is 4.47. The highest BCUT2D eigenvalue weighted by Crippen LogP contribution is 2.32. The number of ether oxygens (including phenoxy) is 1. The number of carbonyl (C=O) groups is 1. The normalized spacial score (nSPS) is 19.1. The molecule has 5 heteroatoms. The molecule has 2 fully saturated rings. The van der Waals surface area contributed by atoms with Gasteiger partial charge in [-0.25, -0.2) is 4.79 Å². The van der Waals surface area contributed by atoms with E-state index in [4.69, 9.17) is 4.74 Å². The highest BCUT2D eigenvalue weighted by atomic mass is 16.5. The van der Waals surface area contributed by atoms with Gasteiger partial charge in [0.2, 0.25) is 0 Å². The van der Waals surface area contributed by atoms with E-state index in [0.29, 0.717) is 18.2 Å². The second kappa shape index (κ2) is 7.00. The van der Waals surface area contributed by atoms with Gasteiger partial charge in [-0.15, -0.1) is 0 Å². The Morgan fingerprint density at radius 3 is 2.72 bits per heavy atom. The lowest BCUT2D eigenvalue weighted by Gasteiger charge is -2.33. The number of anilines is 1. The smallest absolute Gasteiger partial charge is 0.341 e. The minimum Gasteiger partial charge on any atom is -0.462 e.